The molecule has 0 fully saturated rings. The molecule has 3 heterocycles. The molecule has 0 amide bonds. The van der Waals surface area contributed by atoms with E-state index >= 15 is 0 Å². The van der Waals surface area contributed by atoms with Gasteiger partial charge in [-0.3, -0.25) is 4.98 Å². The number of nitrogens with zero attached hydrogens (tertiary/aromatic N) is 4. The molecule has 3 aromatic heterocycles. The van der Waals surface area contributed by atoms with Gasteiger partial charge >= 0.3 is 0 Å². The molecule has 3 rings (SSSR count). The molecule has 0 atom stereocenters. The molecule has 6 nitrogen and oxygen atoms in total. The number of hydrogen-bond donors (Lipinski definition) is 2. The van der Waals surface area contributed by atoms with Crippen LogP contribution in [0.2, 0.25) is 5.02 Å². The lowest BCUT2D eigenvalue weighted by molar-refractivity contribution is 1.02. The fourth-order valence-corrected chi connectivity index (χ4v) is 2.28. The van der Waals surface area contributed by atoms with Gasteiger partial charge in [0.2, 0.25) is 0 Å². The van der Waals surface area contributed by atoms with Crippen LogP contribution < -0.4 is 10.6 Å². The molecule has 122 valence electrons. The molecule has 0 aromatic carbocycles. The second-order valence-electron chi connectivity index (χ2n) is 5.08. The van der Waals surface area contributed by atoms with Crippen molar-refractivity contribution >= 4 is 23.2 Å². The lowest BCUT2D eigenvalue weighted by Crippen LogP contribution is -2.15. The van der Waals surface area contributed by atoms with Gasteiger partial charge < -0.3 is 10.6 Å². The predicted octanol–water partition coefficient (Wildman–Crippen LogP) is 3.42. The minimum atomic E-state index is 0.521. The molecule has 0 saturated heterocycles. The van der Waals surface area contributed by atoms with Gasteiger partial charge in [-0.25, -0.2) is 15.0 Å². The molecule has 24 heavy (non-hydrogen) atoms. The summed E-state index contributed by atoms with van der Waals surface area (Å²) in [5, 5.41) is 6.98. The van der Waals surface area contributed by atoms with Gasteiger partial charge in [-0.05, 0) is 31.2 Å². The van der Waals surface area contributed by atoms with Gasteiger partial charge in [-0.2, -0.15) is 0 Å². The number of halogens is 1. The third-order valence-electron chi connectivity index (χ3n) is 3.30. The zero-order valence-electron chi connectivity index (χ0n) is 13.2. The van der Waals surface area contributed by atoms with E-state index in [1.54, 1.807) is 12.4 Å². The fraction of sp³-hybridized carbons (Fsp3) is 0.176. The van der Waals surface area contributed by atoms with Gasteiger partial charge in [0.15, 0.2) is 5.82 Å². The Morgan fingerprint density at radius 2 is 1.67 bits per heavy atom. The Balaban J connectivity index is 1.67. The first kappa shape index (κ1) is 16.1. The van der Waals surface area contributed by atoms with Gasteiger partial charge in [-0.15, -0.1) is 0 Å². The van der Waals surface area contributed by atoms with Crippen molar-refractivity contribution in [2.24, 2.45) is 0 Å². The molecule has 3 aromatic rings. The molecule has 2 N–H and O–H groups in total. The molecule has 0 aliphatic heterocycles. The van der Waals surface area contributed by atoms with Crippen molar-refractivity contribution in [3.8, 4) is 11.5 Å². The number of hydrogen-bond acceptors (Lipinski definition) is 6. The molecule has 0 radical (unpaired) electrons. The molecular weight excluding hydrogens is 324 g/mol. The van der Waals surface area contributed by atoms with Crippen LogP contribution in [0.3, 0.4) is 0 Å². The lowest BCUT2D eigenvalue weighted by atomic mass is 10.3. The monoisotopic (exact) mass is 340 g/mol. The van der Waals surface area contributed by atoms with Crippen LogP contribution in [0.15, 0.2) is 48.8 Å². The highest BCUT2D eigenvalue weighted by molar-refractivity contribution is 6.33. The van der Waals surface area contributed by atoms with Gasteiger partial charge in [0.05, 0.1) is 5.69 Å². The second-order valence-corrected chi connectivity index (χ2v) is 5.46. The fourth-order valence-electron chi connectivity index (χ4n) is 2.12. The summed E-state index contributed by atoms with van der Waals surface area (Å²) in [6.07, 6.45) is 3.46. The quantitative estimate of drug-likeness (QED) is 0.670. The SMILES string of the molecule is Cc1nc(-c2ccccn2)nc(NCCNc2ccccn2)c1Cl. The minimum Gasteiger partial charge on any atom is -0.368 e. The van der Waals surface area contributed by atoms with Crippen LogP contribution in [0.4, 0.5) is 11.6 Å². The average Bonchev–Trinajstić information content (AvgIpc) is 2.63. The highest BCUT2D eigenvalue weighted by Gasteiger charge is 2.11. The van der Waals surface area contributed by atoms with Gasteiger partial charge in [-0.1, -0.05) is 23.7 Å². The molecule has 0 unspecified atom stereocenters. The first-order valence-corrected chi connectivity index (χ1v) is 7.96. The van der Waals surface area contributed by atoms with Crippen molar-refractivity contribution in [2.75, 3.05) is 23.7 Å². The molecule has 0 bridgehead atoms. The van der Waals surface area contributed by atoms with E-state index in [0.29, 0.717) is 41.1 Å². The standard InChI is InChI=1S/C17H17ClN6/c1-12-15(18)17(22-11-10-21-14-7-3-5-9-20-14)24-16(23-12)13-6-2-4-8-19-13/h2-9H,10-11H2,1H3,(H,20,21)(H,22,23,24). The third kappa shape index (κ3) is 3.97. The maximum Gasteiger partial charge on any atom is 0.180 e. The Morgan fingerprint density at radius 3 is 2.38 bits per heavy atom. The van der Waals surface area contributed by atoms with E-state index in [4.69, 9.17) is 11.6 Å². The van der Waals surface area contributed by atoms with E-state index in [1.165, 1.54) is 0 Å². The van der Waals surface area contributed by atoms with Crippen molar-refractivity contribution in [2.45, 2.75) is 6.92 Å². The first-order chi connectivity index (χ1) is 11.7. The van der Waals surface area contributed by atoms with E-state index in [2.05, 4.69) is 30.6 Å². The minimum absolute atomic E-state index is 0.521. The lowest BCUT2D eigenvalue weighted by Gasteiger charge is -2.11. The predicted molar refractivity (Wildman–Crippen MR) is 96.2 cm³/mol. The summed E-state index contributed by atoms with van der Waals surface area (Å²) in [4.78, 5) is 17.4. The van der Waals surface area contributed by atoms with Crippen LogP contribution in [0.5, 0.6) is 0 Å². The summed E-state index contributed by atoms with van der Waals surface area (Å²) in [6.45, 7) is 3.19. The van der Waals surface area contributed by atoms with E-state index in [0.717, 1.165) is 5.82 Å². The molecular formula is C17H17ClN6. The zero-order valence-corrected chi connectivity index (χ0v) is 14.0. The molecule has 0 saturated carbocycles. The van der Waals surface area contributed by atoms with Gasteiger partial charge in [0, 0.05) is 25.5 Å². The van der Waals surface area contributed by atoms with Crippen molar-refractivity contribution in [3.05, 3.63) is 59.5 Å². The van der Waals surface area contributed by atoms with Crippen LogP contribution in [0.25, 0.3) is 11.5 Å². The van der Waals surface area contributed by atoms with E-state index in [-0.39, 0.29) is 0 Å². The van der Waals surface area contributed by atoms with Crippen LogP contribution in [-0.4, -0.2) is 33.0 Å². The van der Waals surface area contributed by atoms with Crippen molar-refractivity contribution in [3.63, 3.8) is 0 Å². The van der Waals surface area contributed by atoms with Crippen molar-refractivity contribution in [1.82, 2.24) is 19.9 Å². The Hall–Kier alpha value is -2.73. The molecule has 7 heteroatoms. The smallest absolute Gasteiger partial charge is 0.180 e. The number of aromatic nitrogens is 4. The largest absolute Gasteiger partial charge is 0.368 e. The summed E-state index contributed by atoms with van der Waals surface area (Å²) in [5.74, 6) is 1.99. The van der Waals surface area contributed by atoms with Gasteiger partial charge in [0.1, 0.15) is 22.4 Å². The molecule has 0 spiro atoms. The Kier molecular flexibility index (Phi) is 5.18. The topological polar surface area (TPSA) is 75.6 Å². The van der Waals surface area contributed by atoms with Crippen molar-refractivity contribution in [1.29, 1.82) is 0 Å². The van der Waals surface area contributed by atoms with Crippen LogP contribution in [0.1, 0.15) is 5.69 Å². The summed E-state index contributed by atoms with van der Waals surface area (Å²) < 4.78 is 0. The average molecular weight is 341 g/mol. The maximum absolute atomic E-state index is 6.31. The third-order valence-corrected chi connectivity index (χ3v) is 3.75. The summed E-state index contributed by atoms with van der Waals surface area (Å²) in [5.41, 5.74) is 1.43. The maximum atomic E-state index is 6.31. The van der Waals surface area contributed by atoms with E-state index < -0.39 is 0 Å². The number of aryl methyl sites for hydroxylation is 1. The van der Waals surface area contributed by atoms with E-state index in [1.807, 2.05) is 43.3 Å². The summed E-state index contributed by atoms with van der Waals surface area (Å²) >= 11 is 6.31. The number of anilines is 2. The Labute approximate surface area is 145 Å². The Morgan fingerprint density at radius 1 is 0.917 bits per heavy atom. The molecule has 0 aliphatic carbocycles. The van der Waals surface area contributed by atoms with E-state index in [9.17, 15) is 0 Å². The molecule has 0 aliphatic rings. The van der Waals surface area contributed by atoms with Crippen LogP contribution in [-0.2, 0) is 0 Å². The highest BCUT2D eigenvalue weighted by atomic mass is 35.5. The normalized spacial score (nSPS) is 10.4. The number of rotatable bonds is 6. The first-order valence-electron chi connectivity index (χ1n) is 7.58. The Bertz CT molecular complexity index is 795. The highest BCUT2D eigenvalue weighted by Crippen LogP contribution is 2.25. The van der Waals surface area contributed by atoms with Crippen LogP contribution >= 0.6 is 11.6 Å². The summed E-state index contributed by atoms with van der Waals surface area (Å²) in [7, 11) is 0. The summed E-state index contributed by atoms with van der Waals surface area (Å²) in [6, 6.07) is 11.4. The second kappa shape index (κ2) is 7.70. The van der Waals surface area contributed by atoms with Gasteiger partial charge in [0.25, 0.3) is 0 Å². The number of pyridine rings is 2. The number of nitrogens with one attached hydrogen (secondary N) is 2. The van der Waals surface area contributed by atoms with Crippen molar-refractivity contribution < 1.29 is 0 Å². The van der Waals surface area contributed by atoms with Crippen LogP contribution in [0, 0.1) is 6.92 Å². The zero-order chi connectivity index (χ0) is 16.8.